The molecule has 0 bridgehead atoms. The molecular weight excluding hydrogens is 221 g/mol. The standard InChI is InChI=1S/C13H16FNO2/c1-3-4-9-13(2,12(16)17)15-11-7-5-10(14)6-8-11/h3,5-8,15H,1,4,9H2,2H3,(H,16,17). The summed E-state index contributed by atoms with van der Waals surface area (Å²) in [7, 11) is 0. The molecule has 1 unspecified atom stereocenters. The van der Waals surface area contributed by atoms with Crippen molar-refractivity contribution >= 4 is 11.7 Å². The van der Waals surface area contributed by atoms with Crippen molar-refractivity contribution in [2.24, 2.45) is 0 Å². The fourth-order valence-corrected chi connectivity index (χ4v) is 1.47. The van der Waals surface area contributed by atoms with Crippen LogP contribution in [0.3, 0.4) is 0 Å². The third-order valence-corrected chi connectivity index (χ3v) is 2.58. The van der Waals surface area contributed by atoms with Gasteiger partial charge in [0.05, 0.1) is 0 Å². The van der Waals surface area contributed by atoms with Crippen LogP contribution in [0, 0.1) is 5.82 Å². The van der Waals surface area contributed by atoms with Crippen LogP contribution in [0.25, 0.3) is 0 Å². The molecule has 0 spiro atoms. The zero-order valence-electron chi connectivity index (χ0n) is 9.74. The zero-order chi connectivity index (χ0) is 12.9. The Morgan fingerprint density at radius 3 is 2.59 bits per heavy atom. The number of carbonyl (C=O) groups is 1. The third-order valence-electron chi connectivity index (χ3n) is 2.58. The van der Waals surface area contributed by atoms with E-state index in [0.29, 0.717) is 18.5 Å². The van der Waals surface area contributed by atoms with Crippen molar-refractivity contribution in [1.82, 2.24) is 0 Å². The molecule has 17 heavy (non-hydrogen) atoms. The summed E-state index contributed by atoms with van der Waals surface area (Å²) in [5.74, 6) is -1.29. The molecule has 92 valence electrons. The lowest BCUT2D eigenvalue weighted by molar-refractivity contribution is -0.141. The Labute approximate surface area is 100.0 Å². The van der Waals surface area contributed by atoms with E-state index in [-0.39, 0.29) is 5.82 Å². The van der Waals surface area contributed by atoms with E-state index in [9.17, 15) is 14.3 Å². The first-order valence-corrected chi connectivity index (χ1v) is 5.36. The highest BCUT2D eigenvalue weighted by Crippen LogP contribution is 2.21. The number of hydrogen-bond donors (Lipinski definition) is 2. The van der Waals surface area contributed by atoms with Gasteiger partial charge in [0.1, 0.15) is 11.4 Å². The summed E-state index contributed by atoms with van der Waals surface area (Å²) in [6.45, 7) is 5.17. The monoisotopic (exact) mass is 237 g/mol. The van der Waals surface area contributed by atoms with Crippen molar-refractivity contribution in [3.8, 4) is 0 Å². The lowest BCUT2D eigenvalue weighted by Gasteiger charge is -2.27. The zero-order valence-corrected chi connectivity index (χ0v) is 9.74. The predicted octanol–water partition coefficient (Wildman–Crippen LogP) is 3.05. The molecule has 0 saturated heterocycles. The Morgan fingerprint density at radius 1 is 1.53 bits per heavy atom. The molecule has 0 aromatic heterocycles. The molecule has 1 aromatic rings. The molecule has 0 aliphatic heterocycles. The van der Waals surface area contributed by atoms with Gasteiger partial charge in [0.25, 0.3) is 0 Å². The van der Waals surface area contributed by atoms with Crippen LogP contribution in [-0.2, 0) is 4.79 Å². The summed E-state index contributed by atoms with van der Waals surface area (Å²) < 4.78 is 12.7. The lowest BCUT2D eigenvalue weighted by Crippen LogP contribution is -2.43. The molecule has 0 fully saturated rings. The fraction of sp³-hybridized carbons (Fsp3) is 0.308. The number of benzene rings is 1. The summed E-state index contributed by atoms with van der Waals surface area (Å²) in [6, 6.07) is 5.62. The highest BCUT2D eigenvalue weighted by atomic mass is 19.1. The van der Waals surface area contributed by atoms with Crippen LogP contribution >= 0.6 is 0 Å². The number of anilines is 1. The average Bonchev–Trinajstić information content (AvgIpc) is 2.29. The molecule has 0 amide bonds. The quantitative estimate of drug-likeness (QED) is 0.747. The Kier molecular flexibility index (Phi) is 4.26. The van der Waals surface area contributed by atoms with E-state index in [4.69, 9.17) is 0 Å². The summed E-state index contributed by atoms with van der Waals surface area (Å²) in [5, 5.41) is 12.1. The Balaban J connectivity index is 2.82. The van der Waals surface area contributed by atoms with Crippen LogP contribution < -0.4 is 5.32 Å². The second-order valence-electron chi connectivity index (χ2n) is 4.10. The minimum atomic E-state index is -1.08. The number of aliphatic carboxylic acids is 1. The number of carboxylic acid groups (broad SMARTS) is 1. The maximum atomic E-state index is 12.7. The first kappa shape index (κ1) is 13.2. The third kappa shape index (κ3) is 3.59. The van der Waals surface area contributed by atoms with E-state index in [1.54, 1.807) is 13.0 Å². The number of halogens is 1. The van der Waals surface area contributed by atoms with Crippen LogP contribution in [0.1, 0.15) is 19.8 Å². The van der Waals surface area contributed by atoms with E-state index in [1.165, 1.54) is 24.3 Å². The minimum Gasteiger partial charge on any atom is -0.480 e. The van der Waals surface area contributed by atoms with Gasteiger partial charge >= 0.3 is 5.97 Å². The van der Waals surface area contributed by atoms with Gasteiger partial charge in [0.2, 0.25) is 0 Å². The number of nitrogens with one attached hydrogen (secondary N) is 1. The first-order chi connectivity index (χ1) is 7.98. The SMILES string of the molecule is C=CCCC(C)(Nc1ccc(F)cc1)C(=O)O. The summed E-state index contributed by atoms with van der Waals surface area (Å²) >= 11 is 0. The van der Waals surface area contributed by atoms with E-state index in [2.05, 4.69) is 11.9 Å². The molecule has 0 aliphatic carbocycles. The highest BCUT2D eigenvalue weighted by molar-refractivity contribution is 5.82. The van der Waals surface area contributed by atoms with Gasteiger partial charge < -0.3 is 10.4 Å². The van der Waals surface area contributed by atoms with Crippen molar-refractivity contribution in [3.05, 3.63) is 42.7 Å². The van der Waals surface area contributed by atoms with Crippen LogP contribution in [0.15, 0.2) is 36.9 Å². The van der Waals surface area contributed by atoms with Crippen molar-refractivity contribution in [3.63, 3.8) is 0 Å². The van der Waals surface area contributed by atoms with Gasteiger partial charge in [-0.25, -0.2) is 9.18 Å². The maximum Gasteiger partial charge on any atom is 0.329 e. The van der Waals surface area contributed by atoms with E-state index in [0.717, 1.165) is 0 Å². The molecule has 3 nitrogen and oxygen atoms in total. The molecule has 2 N–H and O–H groups in total. The summed E-state index contributed by atoms with van der Waals surface area (Å²) in [6.07, 6.45) is 2.69. The predicted molar refractivity (Wildman–Crippen MR) is 65.5 cm³/mol. The maximum absolute atomic E-state index is 12.7. The van der Waals surface area contributed by atoms with Gasteiger partial charge in [-0.15, -0.1) is 6.58 Å². The topological polar surface area (TPSA) is 49.3 Å². The fourth-order valence-electron chi connectivity index (χ4n) is 1.47. The van der Waals surface area contributed by atoms with Gasteiger partial charge in [-0.2, -0.15) is 0 Å². The second kappa shape index (κ2) is 5.48. The average molecular weight is 237 g/mol. The van der Waals surface area contributed by atoms with E-state index < -0.39 is 11.5 Å². The summed E-state index contributed by atoms with van der Waals surface area (Å²) in [5.41, 5.74) is -0.494. The molecule has 0 saturated carbocycles. The van der Waals surface area contributed by atoms with E-state index >= 15 is 0 Å². The molecule has 1 rings (SSSR count). The molecule has 4 heteroatoms. The van der Waals surface area contributed by atoms with E-state index in [1.807, 2.05) is 0 Å². The van der Waals surface area contributed by atoms with Crippen LogP contribution in [0.5, 0.6) is 0 Å². The van der Waals surface area contributed by atoms with Crippen LogP contribution in [-0.4, -0.2) is 16.6 Å². The molecule has 1 atom stereocenters. The highest BCUT2D eigenvalue weighted by Gasteiger charge is 2.31. The summed E-state index contributed by atoms with van der Waals surface area (Å²) in [4.78, 5) is 11.2. The Bertz CT molecular complexity index is 402. The number of hydrogen-bond acceptors (Lipinski definition) is 2. The van der Waals surface area contributed by atoms with Crippen molar-refractivity contribution in [2.45, 2.75) is 25.3 Å². The number of allylic oxidation sites excluding steroid dienone is 1. The molecule has 0 radical (unpaired) electrons. The Morgan fingerprint density at radius 2 is 2.12 bits per heavy atom. The minimum absolute atomic E-state index is 0.348. The first-order valence-electron chi connectivity index (χ1n) is 5.36. The van der Waals surface area contributed by atoms with Crippen molar-refractivity contribution < 1.29 is 14.3 Å². The van der Waals surface area contributed by atoms with Crippen LogP contribution in [0.4, 0.5) is 10.1 Å². The molecule has 1 aromatic carbocycles. The second-order valence-corrected chi connectivity index (χ2v) is 4.10. The van der Waals surface area contributed by atoms with Crippen molar-refractivity contribution in [2.75, 3.05) is 5.32 Å². The Hall–Kier alpha value is -1.84. The molecule has 0 heterocycles. The molecule has 0 aliphatic rings. The van der Waals surface area contributed by atoms with Crippen molar-refractivity contribution in [1.29, 1.82) is 0 Å². The number of rotatable bonds is 6. The normalized spacial score (nSPS) is 13.8. The lowest BCUT2D eigenvalue weighted by atomic mass is 9.95. The van der Waals surface area contributed by atoms with Gasteiger partial charge in [-0.3, -0.25) is 0 Å². The van der Waals surface area contributed by atoms with Gasteiger partial charge in [0.15, 0.2) is 0 Å². The van der Waals surface area contributed by atoms with Gasteiger partial charge in [0, 0.05) is 5.69 Å². The smallest absolute Gasteiger partial charge is 0.329 e. The molecular formula is C13H16FNO2. The van der Waals surface area contributed by atoms with Crippen LogP contribution in [0.2, 0.25) is 0 Å². The van der Waals surface area contributed by atoms with Gasteiger partial charge in [-0.05, 0) is 44.0 Å². The van der Waals surface area contributed by atoms with Gasteiger partial charge in [-0.1, -0.05) is 6.08 Å². The largest absolute Gasteiger partial charge is 0.480 e. The number of carboxylic acids is 1.